The van der Waals surface area contributed by atoms with Crippen LogP contribution in [-0.2, 0) is 0 Å². The van der Waals surface area contributed by atoms with Gasteiger partial charge in [0.15, 0.2) is 0 Å². The van der Waals surface area contributed by atoms with Crippen LogP contribution in [0.1, 0.15) is 57.6 Å². The molecule has 1 atom stereocenters. The van der Waals surface area contributed by atoms with E-state index in [0.29, 0.717) is 11.5 Å². The van der Waals surface area contributed by atoms with Crippen molar-refractivity contribution in [2.45, 2.75) is 52.0 Å². The van der Waals surface area contributed by atoms with Gasteiger partial charge in [-0.25, -0.2) is 0 Å². The fraction of sp³-hybridized carbons (Fsp3) is 0.526. The van der Waals surface area contributed by atoms with Gasteiger partial charge in [-0.3, -0.25) is 4.98 Å². The van der Waals surface area contributed by atoms with Gasteiger partial charge in [0.1, 0.15) is 0 Å². The zero-order chi connectivity index (χ0) is 14.7. The molecule has 1 N–H and O–H groups in total. The summed E-state index contributed by atoms with van der Waals surface area (Å²) in [5.74, 6) is 0. The second-order valence-electron chi connectivity index (χ2n) is 6.66. The van der Waals surface area contributed by atoms with E-state index in [2.05, 4.69) is 54.6 Å². The minimum Gasteiger partial charge on any atom is -0.310 e. The third-order valence-electron chi connectivity index (χ3n) is 5.11. The molecule has 1 fully saturated rings. The molecule has 2 aromatic rings. The fourth-order valence-electron chi connectivity index (χ4n) is 3.95. The van der Waals surface area contributed by atoms with E-state index in [-0.39, 0.29) is 0 Å². The smallest absolute Gasteiger partial charge is 0.0395 e. The molecular formula is C19H26N2. The van der Waals surface area contributed by atoms with Crippen molar-refractivity contribution in [3.05, 3.63) is 42.2 Å². The number of aromatic nitrogens is 1. The van der Waals surface area contributed by atoms with Gasteiger partial charge < -0.3 is 5.32 Å². The molecule has 0 radical (unpaired) electrons. The molecule has 2 nitrogen and oxygen atoms in total. The summed E-state index contributed by atoms with van der Waals surface area (Å²) in [6.07, 6.45) is 10.8. The Morgan fingerprint density at radius 1 is 1.14 bits per heavy atom. The maximum Gasteiger partial charge on any atom is 0.0395 e. The van der Waals surface area contributed by atoms with Gasteiger partial charge in [-0.15, -0.1) is 0 Å². The van der Waals surface area contributed by atoms with Crippen molar-refractivity contribution in [2.75, 3.05) is 6.54 Å². The van der Waals surface area contributed by atoms with Crippen LogP contribution in [0.25, 0.3) is 10.8 Å². The number of fused-ring (bicyclic) bond motifs is 1. The molecule has 0 amide bonds. The van der Waals surface area contributed by atoms with Gasteiger partial charge in [0.05, 0.1) is 0 Å². The van der Waals surface area contributed by atoms with Crippen LogP contribution in [0, 0.1) is 5.41 Å². The van der Waals surface area contributed by atoms with Crippen molar-refractivity contribution in [3.8, 4) is 0 Å². The van der Waals surface area contributed by atoms with Gasteiger partial charge in [-0.05, 0) is 35.8 Å². The van der Waals surface area contributed by atoms with E-state index in [1.54, 1.807) is 0 Å². The first-order valence-electron chi connectivity index (χ1n) is 8.30. The van der Waals surface area contributed by atoms with Crippen molar-refractivity contribution in [1.82, 2.24) is 10.3 Å². The highest BCUT2D eigenvalue weighted by molar-refractivity contribution is 5.85. The Kier molecular flexibility index (Phi) is 4.25. The highest BCUT2D eigenvalue weighted by Gasteiger charge is 2.36. The lowest BCUT2D eigenvalue weighted by Gasteiger charge is -2.41. The van der Waals surface area contributed by atoms with Crippen molar-refractivity contribution < 1.29 is 0 Å². The van der Waals surface area contributed by atoms with E-state index in [1.807, 2.05) is 6.20 Å². The number of rotatable bonds is 4. The topological polar surface area (TPSA) is 24.9 Å². The summed E-state index contributed by atoms with van der Waals surface area (Å²) in [5.41, 5.74) is 1.72. The molecule has 112 valence electrons. The van der Waals surface area contributed by atoms with Crippen LogP contribution >= 0.6 is 0 Å². The summed E-state index contributed by atoms with van der Waals surface area (Å²) in [6, 6.07) is 9.04. The highest BCUT2D eigenvalue weighted by atomic mass is 14.9. The SMILES string of the molecule is CCNC(c1cncc2ccccc12)C1(C)CCCCC1. The van der Waals surface area contributed by atoms with Crippen LogP contribution in [0.4, 0.5) is 0 Å². The Morgan fingerprint density at radius 3 is 2.67 bits per heavy atom. The third kappa shape index (κ3) is 2.82. The van der Waals surface area contributed by atoms with E-state index in [1.165, 1.54) is 48.4 Å². The lowest BCUT2D eigenvalue weighted by Crippen LogP contribution is -2.38. The number of hydrogen-bond donors (Lipinski definition) is 1. The quantitative estimate of drug-likeness (QED) is 0.866. The number of nitrogens with zero attached hydrogens (tertiary/aromatic N) is 1. The zero-order valence-electron chi connectivity index (χ0n) is 13.2. The van der Waals surface area contributed by atoms with Crippen LogP contribution in [0.5, 0.6) is 0 Å². The van der Waals surface area contributed by atoms with Crippen LogP contribution < -0.4 is 5.32 Å². The van der Waals surface area contributed by atoms with Crippen molar-refractivity contribution >= 4 is 10.8 Å². The maximum absolute atomic E-state index is 4.50. The predicted molar refractivity (Wildman–Crippen MR) is 89.4 cm³/mol. The molecule has 0 bridgehead atoms. The molecular weight excluding hydrogens is 256 g/mol. The maximum atomic E-state index is 4.50. The van der Waals surface area contributed by atoms with E-state index in [4.69, 9.17) is 0 Å². The van der Waals surface area contributed by atoms with Gasteiger partial charge in [0.25, 0.3) is 0 Å². The summed E-state index contributed by atoms with van der Waals surface area (Å²) >= 11 is 0. The summed E-state index contributed by atoms with van der Waals surface area (Å²) < 4.78 is 0. The average molecular weight is 282 g/mol. The third-order valence-corrected chi connectivity index (χ3v) is 5.11. The first-order chi connectivity index (χ1) is 10.2. The normalized spacial score (nSPS) is 19.5. The number of hydrogen-bond acceptors (Lipinski definition) is 2. The van der Waals surface area contributed by atoms with Crippen LogP contribution in [-0.4, -0.2) is 11.5 Å². The van der Waals surface area contributed by atoms with E-state index in [9.17, 15) is 0 Å². The molecule has 0 saturated heterocycles. The van der Waals surface area contributed by atoms with E-state index in [0.717, 1.165) is 6.54 Å². The Labute approximate surface area is 128 Å². The molecule has 1 saturated carbocycles. The second-order valence-corrected chi connectivity index (χ2v) is 6.66. The molecule has 1 aromatic heterocycles. The summed E-state index contributed by atoms with van der Waals surface area (Å²) in [4.78, 5) is 4.50. The van der Waals surface area contributed by atoms with Gasteiger partial charge in [-0.1, -0.05) is 57.4 Å². The minimum atomic E-state index is 0.347. The Bertz CT molecular complexity index is 594. The average Bonchev–Trinajstić information content (AvgIpc) is 2.53. The number of benzene rings is 1. The molecule has 1 aromatic carbocycles. The Morgan fingerprint density at radius 2 is 1.90 bits per heavy atom. The zero-order valence-corrected chi connectivity index (χ0v) is 13.2. The molecule has 1 aliphatic carbocycles. The predicted octanol–water partition coefficient (Wildman–Crippen LogP) is 4.86. The lowest BCUT2D eigenvalue weighted by molar-refractivity contribution is 0.146. The summed E-state index contributed by atoms with van der Waals surface area (Å²) in [6.45, 7) is 5.67. The molecule has 1 heterocycles. The minimum absolute atomic E-state index is 0.347. The number of pyridine rings is 1. The molecule has 1 aliphatic rings. The standard InChI is InChI=1S/C19H26N2/c1-3-21-18(19(2)11-7-4-8-12-19)17-14-20-13-15-9-5-6-10-16(15)17/h5-6,9-10,13-14,18,21H,3-4,7-8,11-12H2,1-2H3. The van der Waals surface area contributed by atoms with Crippen LogP contribution in [0.15, 0.2) is 36.7 Å². The van der Waals surface area contributed by atoms with Gasteiger partial charge in [-0.2, -0.15) is 0 Å². The monoisotopic (exact) mass is 282 g/mol. The fourth-order valence-corrected chi connectivity index (χ4v) is 3.95. The van der Waals surface area contributed by atoms with E-state index < -0.39 is 0 Å². The van der Waals surface area contributed by atoms with Gasteiger partial charge in [0.2, 0.25) is 0 Å². The lowest BCUT2D eigenvalue weighted by atomic mass is 9.68. The molecule has 3 rings (SSSR count). The largest absolute Gasteiger partial charge is 0.310 e. The first-order valence-corrected chi connectivity index (χ1v) is 8.30. The first kappa shape index (κ1) is 14.5. The van der Waals surface area contributed by atoms with Crippen molar-refractivity contribution in [1.29, 1.82) is 0 Å². The second kappa shape index (κ2) is 6.15. The number of nitrogens with one attached hydrogen (secondary N) is 1. The summed E-state index contributed by atoms with van der Waals surface area (Å²) in [7, 11) is 0. The molecule has 1 unspecified atom stereocenters. The van der Waals surface area contributed by atoms with E-state index >= 15 is 0 Å². The highest BCUT2D eigenvalue weighted by Crippen LogP contribution is 2.46. The van der Waals surface area contributed by atoms with Gasteiger partial charge in [0, 0.05) is 23.8 Å². The molecule has 2 heteroatoms. The van der Waals surface area contributed by atoms with Crippen molar-refractivity contribution in [3.63, 3.8) is 0 Å². The van der Waals surface area contributed by atoms with Gasteiger partial charge >= 0.3 is 0 Å². The van der Waals surface area contributed by atoms with Crippen LogP contribution in [0.2, 0.25) is 0 Å². The molecule has 21 heavy (non-hydrogen) atoms. The van der Waals surface area contributed by atoms with Crippen molar-refractivity contribution in [2.24, 2.45) is 5.41 Å². The summed E-state index contributed by atoms with van der Waals surface area (Å²) in [5, 5.41) is 6.36. The molecule has 0 aliphatic heterocycles. The Balaban J connectivity index is 2.07. The van der Waals surface area contributed by atoms with Crippen LogP contribution in [0.3, 0.4) is 0 Å². The molecule has 0 spiro atoms. The Hall–Kier alpha value is -1.41.